The lowest BCUT2D eigenvalue weighted by molar-refractivity contribution is -0.119. The number of sulfone groups is 1. The molecule has 6 nitrogen and oxygen atoms in total. The van der Waals surface area contributed by atoms with Crippen molar-refractivity contribution in [3.8, 4) is 0 Å². The van der Waals surface area contributed by atoms with Crippen molar-refractivity contribution in [1.29, 1.82) is 0 Å². The maximum Gasteiger partial charge on any atom is 0.235 e. The highest BCUT2D eigenvalue weighted by Crippen LogP contribution is 2.16. The van der Waals surface area contributed by atoms with E-state index in [4.69, 9.17) is 0 Å². The summed E-state index contributed by atoms with van der Waals surface area (Å²) in [5, 5.41) is 5.48. The standard InChI is InChI=1S/C22H28N2O4S/c1-3-21(25)24-20-13-11-19(12-14-20)17(2)23-22(26)16-29(27,28)15-7-10-18-8-5-4-6-9-18/h4-6,8-9,11-14,17H,3,7,10,15-16H2,1-2H3,(H,23,26)(H,24,25). The van der Waals surface area contributed by atoms with Crippen molar-refractivity contribution in [1.82, 2.24) is 5.32 Å². The molecule has 0 aliphatic heterocycles. The molecular formula is C22H28N2O4S. The molecule has 0 aliphatic carbocycles. The van der Waals surface area contributed by atoms with Gasteiger partial charge >= 0.3 is 0 Å². The van der Waals surface area contributed by atoms with Gasteiger partial charge in [-0.05, 0) is 43.0 Å². The molecule has 1 unspecified atom stereocenters. The topological polar surface area (TPSA) is 92.3 Å². The summed E-state index contributed by atoms with van der Waals surface area (Å²) in [6.07, 6.45) is 1.55. The van der Waals surface area contributed by atoms with Crippen LogP contribution in [-0.2, 0) is 25.8 Å². The largest absolute Gasteiger partial charge is 0.349 e. The van der Waals surface area contributed by atoms with Crippen LogP contribution in [0.5, 0.6) is 0 Å². The number of amides is 2. The molecule has 2 N–H and O–H groups in total. The fourth-order valence-corrected chi connectivity index (χ4v) is 4.10. The second-order valence-corrected chi connectivity index (χ2v) is 9.18. The quantitative estimate of drug-likeness (QED) is 0.622. The van der Waals surface area contributed by atoms with E-state index in [2.05, 4.69) is 10.6 Å². The zero-order valence-corrected chi connectivity index (χ0v) is 17.7. The molecule has 0 saturated carbocycles. The van der Waals surface area contributed by atoms with Gasteiger partial charge in [0.25, 0.3) is 0 Å². The van der Waals surface area contributed by atoms with Gasteiger partial charge in [-0.3, -0.25) is 9.59 Å². The first-order valence-electron chi connectivity index (χ1n) is 9.72. The van der Waals surface area contributed by atoms with Gasteiger partial charge in [0.2, 0.25) is 11.8 Å². The zero-order valence-electron chi connectivity index (χ0n) is 16.9. The van der Waals surface area contributed by atoms with Gasteiger partial charge in [0.15, 0.2) is 9.84 Å². The molecule has 0 saturated heterocycles. The van der Waals surface area contributed by atoms with Crippen LogP contribution in [0.4, 0.5) is 5.69 Å². The van der Waals surface area contributed by atoms with Crippen LogP contribution in [0.3, 0.4) is 0 Å². The number of hydrogen-bond acceptors (Lipinski definition) is 4. The van der Waals surface area contributed by atoms with Gasteiger partial charge in [0.05, 0.1) is 11.8 Å². The summed E-state index contributed by atoms with van der Waals surface area (Å²) in [5.41, 5.74) is 2.59. The van der Waals surface area contributed by atoms with E-state index >= 15 is 0 Å². The van der Waals surface area contributed by atoms with Gasteiger partial charge in [-0.2, -0.15) is 0 Å². The summed E-state index contributed by atoms with van der Waals surface area (Å²) in [4.78, 5) is 23.6. The van der Waals surface area contributed by atoms with Crippen LogP contribution in [0.15, 0.2) is 54.6 Å². The lowest BCUT2D eigenvalue weighted by Gasteiger charge is -2.15. The molecule has 0 bridgehead atoms. The summed E-state index contributed by atoms with van der Waals surface area (Å²) in [5.74, 6) is -1.12. The Morgan fingerprint density at radius 2 is 1.62 bits per heavy atom. The lowest BCUT2D eigenvalue weighted by Crippen LogP contribution is -2.33. The Morgan fingerprint density at radius 1 is 0.966 bits per heavy atom. The van der Waals surface area contributed by atoms with Crippen LogP contribution < -0.4 is 10.6 Å². The molecule has 0 fully saturated rings. The Balaban J connectivity index is 1.81. The van der Waals surface area contributed by atoms with Gasteiger partial charge in [-0.1, -0.05) is 49.4 Å². The molecule has 2 rings (SSSR count). The molecule has 0 aliphatic rings. The molecule has 1 atom stereocenters. The third-order valence-corrected chi connectivity index (χ3v) is 6.12. The number of benzene rings is 2. The van der Waals surface area contributed by atoms with Gasteiger partial charge in [-0.25, -0.2) is 8.42 Å². The second-order valence-electron chi connectivity index (χ2n) is 6.99. The normalized spacial score (nSPS) is 12.2. The lowest BCUT2D eigenvalue weighted by atomic mass is 10.1. The molecular weight excluding hydrogens is 388 g/mol. The fourth-order valence-electron chi connectivity index (χ4n) is 2.88. The molecule has 29 heavy (non-hydrogen) atoms. The number of rotatable bonds is 10. The highest BCUT2D eigenvalue weighted by molar-refractivity contribution is 7.92. The average Bonchev–Trinajstić information content (AvgIpc) is 2.68. The number of carbonyl (C=O) groups is 2. The third-order valence-electron chi connectivity index (χ3n) is 4.51. The summed E-state index contributed by atoms with van der Waals surface area (Å²) >= 11 is 0. The minimum Gasteiger partial charge on any atom is -0.349 e. The van der Waals surface area contributed by atoms with Crippen molar-refractivity contribution in [3.63, 3.8) is 0 Å². The van der Waals surface area contributed by atoms with Gasteiger partial charge in [0.1, 0.15) is 5.75 Å². The minimum absolute atomic E-state index is 0.0183. The van der Waals surface area contributed by atoms with E-state index in [0.717, 1.165) is 11.1 Å². The van der Waals surface area contributed by atoms with Crippen LogP contribution in [0.2, 0.25) is 0 Å². The third kappa shape index (κ3) is 8.07. The number of nitrogens with one attached hydrogen (secondary N) is 2. The fraction of sp³-hybridized carbons (Fsp3) is 0.364. The molecule has 2 aromatic rings. The Hall–Kier alpha value is -2.67. The van der Waals surface area contributed by atoms with E-state index < -0.39 is 21.5 Å². The van der Waals surface area contributed by atoms with Gasteiger partial charge in [-0.15, -0.1) is 0 Å². The van der Waals surface area contributed by atoms with E-state index in [1.165, 1.54) is 0 Å². The van der Waals surface area contributed by atoms with Crippen molar-refractivity contribution in [2.75, 3.05) is 16.8 Å². The number of anilines is 1. The van der Waals surface area contributed by atoms with Crippen LogP contribution in [0, 0.1) is 0 Å². The highest BCUT2D eigenvalue weighted by atomic mass is 32.2. The summed E-state index contributed by atoms with van der Waals surface area (Å²) in [7, 11) is -3.46. The Morgan fingerprint density at radius 3 is 2.24 bits per heavy atom. The molecule has 7 heteroatoms. The van der Waals surface area contributed by atoms with Crippen LogP contribution in [-0.4, -0.2) is 31.7 Å². The van der Waals surface area contributed by atoms with Crippen molar-refractivity contribution in [2.45, 2.75) is 39.2 Å². The summed E-state index contributed by atoms with van der Waals surface area (Å²) in [6.45, 7) is 3.57. The van der Waals surface area contributed by atoms with Crippen molar-refractivity contribution < 1.29 is 18.0 Å². The number of hydrogen-bond donors (Lipinski definition) is 2. The first-order valence-corrected chi connectivity index (χ1v) is 11.5. The smallest absolute Gasteiger partial charge is 0.235 e. The first kappa shape index (κ1) is 22.6. The average molecular weight is 417 g/mol. The second kappa shape index (κ2) is 10.8. The van der Waals surface area contributed by atoms with Crippen molar-refractivity contribution in [3.05, 3.63) is 65.7 Å². The number of carbonyl (C=O) groups excluding carboxylic acids is 2. The first-order chi connectivity index (χ1) is 13.8. The minimum atomic E-state index is -3.46. The van der Waals surface area contributed by atoms with Crippen LogP contribution >= 0.6 is 0 Å². The van der Waals surface area contributed by atoms with Gasteiger partial charge in [0, 0.05) is 12.1 Å². The van der Waals surface area contributed by atoms with Gasteiger partial charge < -0.3 is 10.6 Å². The maximum atomic E-state index is 12.2. The zero-order chi connectivity index (χ0) is 21.3. The molecule has 2 aromatic carbocycles. The maximum absolute atomic E-state index is 12.2. The molecule has 0 radical (unpaired) electrons. The Labute approximate surface area is 172 Å². The van der Waals surface area contributed by atoms with Crippen LogP contribution in [0.25, 0.3) is 0 Å². The van der Waals surface area contributed by atoms with Crippen molar-refractivity contribution >= 4 is 27.3 Å². The predicted octanol–water partition coefficient (Wildman–Crippen LogP) is 3.26. The Bertz CT molecular complexity index is 910. The van der Waals surface area contributed by atoms with E-state index in [1.807, 2.05) is 30.3 Å². The monoisotopic (exact) mass is 416 g/mol. The summed E-state index contributed by atoms with van der Waals surface area (Å²) < 4.78 is 24.4. The van der Waals surface area contributed by atoms with E-state index in [0.29, 0.717) is 24.9 Å². The Kier molecular flexibility index (Phi) is 8.39. The predicted molar refractivity (Wildman–Crippen MR) is 115 cm³/mol. The SMILES string of the molecule is CCC(=O)Nc1ccc(C(C)NC(=O)CS(=O)(=O)CCCc2ccccc2)cc1. The molecule has 156 valence electrons. The van der Waals surface area contributed by atoms with Crippen LogP contribution in [0.1, 0.15) is 43.9 Å². The highest BCUT2D eigenvalue weighted by Gasteiger charge is 2.18. The molecule has 0 heterocycles. The van der Waals surface area contributed by atoms with E-state index in [9.17, 15) is 18.0 Å². The molecule has 0 spiro atoms. The van der Waals surface area contributed by atoms with Crippen molar-refractivity contribution in [2.24, 2.45) is 0 Å². The van der Waals surface area contributed by atoms with E-state index in [-0.39, 0.29) is 17.7 Å². The summed E-state index contributed by atoms with van der Waals surface area (Å²) in [6, 6.07) is 16.4. The molecule has 0 aromatic heterocycles. The number of aryl methyl sites for hydroxylation is 1. The van der Waals surface area contributed by atoms with E-state index in [1.54, 1.807) is 38.1 Å². The molecule has 2 amide bonds.